The van der Waals surface area contributed by atoms with Crippen molar-refractivity contribution in [3.05, 3.63) is 30.3 Å². The Hall–Kier alpha value is -0.790. The van der Waals surface area contributed by atoms with Gasteiger partial charge in [0, 0.05) is 0 Å². The third-order valence-corrected chi connectivity index (χ3v) is 1.76. The molecule has 0 aliphatic heterocycles. The molecule has 0 fully saturated rings. The van der Waals surface area contributed by atoms with Crippen LogP contribution in [0.5, 0.6) is 0 Å². The molecule has 0 spiro atoms. The summed E-state index contributed by atoms with van der Waals surface area (Å²) in [6.07, 6.45) is 5.12. The fraction of sp³-hybridized carbons (Fsp3) is 0. The van der Waals surface area contributed by atoms with Gasteiger partial charge in [0.15, 0.2) is 0 Å². The van der Waals surface area contributed by atoms with Crippen molar-refractivity contribution in [3.63, 3.8) is 0 Å². The van der Waals surface area contributed by atoms with E-state index < -0.39 is 0 Å². The minimum atomic E-state index is 0.515. The molecule has 0 N–H and O–H groups in total. The van der Waals surface area contributed by atoms with Crippen molar-refractivity contribution in [1.82, 2.24) is 0 Å². The Morgan fingerprint density at radius 1 is 1.22 bits per heavy atom. The van der Waals surface area contributed by atoms with Gasteiger partial charge in [-0.25, -0.2) is 0 Å². The summed E-state index contributed by atoms with van der Waals surface area (Å²) < 4.78 is 0. The lowest BCUT2D eigenvalue weighted by molar-refractivity contribution is 1.78. The van der Waals surface area contributed by atoms with Crippen molar-refractivity contribution in [1.29, 1.82) is 0 Å². The first-order chi connectivity index (χ1) is 4.43. The number of benzene rings is 1. The van der Waals surface area contributed by atoms with E-state index >= 15 is 0 Å². The molecule has 1 rings (SSSR count). The lowest BCUT2D eigenvalue weighted by Crippen LogP contribution is -1.87. The van der Waals surface area contributed by atoms with Crippen LogP contribution >= 0.6 is 8.58 Å². The van der Waals surface area contributed by atoms with Crippen LogP contribution in [-0.4, -0.2) is 0 Å². The number of hydrogen-bond acceptors (Lipinski definition) is 0. The molecule has 9 heavy (non-hydrogen) atoms. The van der Waals surface area contributed by atoms with Crippen LogP contribution in [0.25, 0.3) is 0 Å². The van der Waals surface area contributed by atoms with Crippen LogP contribution in [0, 0.1) is 12.1 Å². The lowest BCUT2D eigenvalue weighted by Gasteiger charge is -1.89. The van der Waals surface area contributed by atoms with Gasteiger partial charge in [0.25, 0.3) is 0 Å². The van der Waals surface area contributed by atoms with E-state index in [-0.39, 0.29) is 0 Å². The zero-order valence-corrected chi connectivity index (χ0v) is 5.96. The van der Waals surface area contributed by atoms with E-state index in [4.69, 9.17) is 6.42 Å². The van der Waals surface area contributed by atoms with Gasteiger partial charge in [-0.1, -0.05) is 36.0 Å². The summed E-state index contributed by atoms with van der Waals surface area (Å²) in [5, 5.41) is 1.24. The van der Waals surface area contributed by atoms with Crippen molar-refractivity contribution < 1.29 is 0 Å². The minimum absolute atomic E-state index is 0.515. The second kappa shape index (κ2) is 3.28. The van der Waals surface area contributed by atoms with E-state index in [0.717, 1.165) is 0 Å². The quantitative estimate of drug-likeness (QED) is 0.404. The standard InChI is InChI=1S/C8H7P/c1-2-9-8-6-4-3-5-7-8/h1,3-7,9H. The van der Waals surface area contributed by atoms with E-state index in [1.165, 1.54) is 5.30 Å². The highest BCUT2D eigenvalue weighted by Crippen LogP contribution is 2.04. The maximum atomic E-state index is 5.12. The molecule has 44 valence electrons. The van der Waals surface area contributed by atoms with Crippen molar-refractivity contribution >= 4 is 13.9 Å². The molecule has 1 atom stereocenters. The Labute approximate surface area is 57.1 Å². The van der Waals surface area contributed by atoms with Crippen LogP contribution < -0.4 is 5.30 Å². The molecule has 0 nitrogen and oxygen atoms in total. The van der Waals surface area contributed by atoms with Crippen LogP contribution in [0.1, 0.15) is 0 Å². The van der Waals surface area contributed by atoms with Crippen LogP contribution in [0.2, 0.25) is 0 Å². The number of rotatable bonds is 1. The molecular formula is C8H7P. The SMILES string of the molecule is C#CPc1ccccc1. The highest BCUT2D eigenvalue weighted by molar-refractivity contribution is 7.52. The predicted molar refractivity (Wildman–Crippen MR) is 43.2 cm³/mol. The highest BCUT2D eigenvalue weighted by atomic mass is 31.1. The molecule has 0 aromatic heterocycles. The first-order valence-electron chi connectivity index (χ1n) is 2.70. The summed E-state index contributed by atoms with van der Waals surface area (Å²) in [6, 6.07) is 10.1. The number of terminal acetylenes is 1. The van der Waals surface area contributed by atoms with Crippen LogP contribution in [0.4, 0.5) is 0 Å². The average molecular weight is 134 g/mol. The molecule has 0 saturated carbocycles. The van der Waals surface area contributed by atoms with Gasteiger partial charge in [-0.15, -0.1) is 6.42 Å². The Bertz CT molecular complexity index is 208. The molecule has 1 aromatic rings. The van der Waals surface area contributed by atoms with E-state index in [9.17, 15) is 0 Å². The Kier molecular flexibility index (Phi) is 2.31. The minimum Gasteiger partial charge on any atom is -0.115 e. The third-order valence-electron chi connectivity index (χ3n) is 0.990. The van der Waals surface area contributed by atoms with Gasteiger partial charge in [-0.2, -0.15) is 0 Å². The van der Waals surface area contributed by atoms with Gasteiger partial charge < -0.3 is 0 Å². The summed E-state index contributed by atoms with van der Waals surface area (Å²) in [7, 11) is 0.515. The fourth-order valence-corrected chi connectivity index (χ4v) is 1.13. The molecule has 0 radical (unpaired) electrons. The molecule has 0 saturated heterocycles. The monoisotopic (exact) mass is 134 g/mol. The third kappa shape index (κ3) is 1.88. The molecule has 1 heteroatoms. The molecule has 1 aromatic carbocycles. The van der Waals surface area contributed by atoms with Gasteiger partial charge in [-0.3, -0.25) is 0 Å². The first kappa shape index (κ1) is 6.33. The van der Waals surface area contributed by atoms with Gasteiger partial charge in [-0.05, 0) is 13.9 Å². The molecule has 0 aliphatic rings. The van der Waals surface area contributed by atoms with Crippen LogP contribution in [0.3, 0.4) is 0 Å². The van der Waals surface area contributed by atoms with Gasteiger partial charge in [0.2, 0.25) is 0 Å². The summed E-state index contributed by atoms with van der Waals surface area (Å²) >= 11 is 0. The highest BCUT2D eigenvalue weighted by Gasteiger charge is 1.82. The van der Waals surface area contributed by atoms with Crippen molar-refractivity contribution in [2.24, 2.45) is 0 Å². The Morgan fingerprint density at radius 3 is 2.44 bits per heavy atom. The topological polar surface area (TPSA) is 0 Å². The zero-order valence-electron chi connectivity index (χ0n) is 4.96. The molecule has 0 aliphatic carbocycles. The average Bonchev–Trinajstić information content (AvgIpc) is 1.91. The molecule has 0 heterocycles. The van der Waals surface area contributed by atoms with Gasteiger partial charge in [0.1, 0.15) is 0 Å². The zero-order chi connectivity index (χ0) is 6.53. The molecule has 0 amide bonds. The normalized spacial score (nSPS) is 9.67. The van der Waals surface area contributed by atoms with Crippen LogP contribution in [0.15, 0.2) is 30.3 Å². The smallest absolute Gasteiger partial charge is 0.0117 e. The first-order valence-corrected chi connectivity index (χ1v) is 3.70. The second-order valence-electron chi connectivity index (χ2n) is 1.64. The summed E-state index contributed by atoms with van der Waals surface area (Å²) in [6.45, 7) is 0. The Balaban J connectivity index is 2.76. The maximum absolute atomic E-state index is 5.12. The van der Waals surface area contributed by atoms with Crippen molar-refractivity contribution in [2.45, 2.75) is 0 Å². The van der Waals surface area contributed by atoms with E-state index in [0.29, 0.717) is 8.58 Å². The lowest BCUT2D eigenvalue weighted by atomic mass is 10.4. The molecular weight excluding hydrogens is 127 g/mol. The molecule has 1 unspecified atom stereocenters. The van der Waals surface area contributed by atoms with E-state index in [1.54, 1.807) is 0 Å². The maximum Gasteiger partial charge on any atom is -0.0117 e. The van der Waals surface area contributed by atoms with Crippen molar-refractivity contribution in [2.75, 3.05) is 0 Å². The fourth-order valence-electron chi connectivity index (χ4n) is 0.605. The Morgan fingerprint density at radius 2 is 1.89 bits per heavy atom. The van der Waals surface area contributed by atoms with Gasteiger partial charge in [0.05, 0.1) is 0 Å². The molecule has 0 bridgehead atoms. The predicted octanol–water partition coefficient (Wildman–Crippen LogP) is 1.58. The van der Waals surface area contributed by atoms with Crippen LogP contribution in [-0.2, 0) is 0 Å². The van der Waals surface area contributed by atoms with Crippen molar-refractivity contribution in [3.8, 4) is 12.1 Å². The van der Waals surface area contributed by atoms with E-state index in [2.05, 4.69) is 5.66 Å². The summed E-state index contributed by atoms with van der Waals surface area (Å²) in [4.78, 5) is 0. The summed E-state index contributed by atoms with van der Waals surface area (Å²) in [5.74, 6) is 0. The second-order valence-corrected chi connectivity index (χ2v) is 2.75. The largest absolute Gasteiger partial charge is 0.115 e. The van der Waals surface area contributed by atoms with Gasteiger partial charge >= 0.3 is 0 Å². The summed E-state index contributed by atoms with van der Waals surface area (Å²) in [5.41, 5.74) is 2.61. The van der Waals surface area contributed by atoms with E-state index in [1.807, 2.05) is 30.3 Å². The number of hydrogen-bond donors (Lipinski definition) is 0.